The van der Waals surface area contributed by atoms with Crippen molar-refractivity contribution in [3.05, 3.63) is 16.1 Å². The van der Waals surface area contributed by atoms with E-state index < -0.39 is 0 Å². The number of carbonyl (C=O) groups is 1. The lowest BCUT2D eigenvalue weighted by Gasteiger charge is -2.41. The van der Waals surface area contributed by atoms with Crippen LogP contribution in [0.5, 0.6) is 0 Å². The van der Waals surface area contributed by atoms with Crippen molar-refractivity contribution in [2.45, 2.75) is 57.3 Å². The molecule has 0 bridgehead atoms. The summed E-state index contributed by atoms with van der Waals surface area (Å²) < 4.78 is 5.56. The maximum atomic E-state index is 12.4. The first-order chi connectivity index (χ1) is 10.7. The predicted molar refractivity (Wildman–Crippen MR) is 84.8 cm³/mol. The number of rotatable bonds is 3. The zero-order valence-corrected chi connectivity index (χ0v) is 13.8. The molecule has 1 aromatic heterocycles. The van der Waals surface area contributed by atoms with E-state index in [4.69, 9.17) is 4.74 Å². The Balaban J connectivity index is 1.50. The van der Waals surface area contributed by atoms with Crippen LogP contribution in [0.2, 0.25) is 0 Å². The van der Waals surface area contributed by atoms with Crippen LogP contribution in [0.15, 0.2) is 5.38 Å². The first-order valence-corrected chi connectivity index (χ1v) is 9.14. The summed E-state index contributed by atoms with van der Waals surface area (Å²) in [7, 11) is 0. The number of aryl methyl sites for hydroxylation is 1. The lowest BCUT2D eigenvalue weighted by molar-refractivity contribution is -0.138. The molecule has 1 unspecified atom stereocenters. The van der Waals surface area contributed by atoms with Crippen molar-refractivity contribution in [1.29, 1.82) is 0 Å². The lowest BCUT2D eigenvalue weighted by Crippen LogP contribution is -2.53. The van der Waals surface area contributed by atoms with Gasteiger partial charge in [0.05, 0.1) is 23.9 Å². The Labute approximate surface area is 135 Å². The normalized spacial score (nSPS) is 32.7. The molecule has 1 amide bonds. The zero-order valence-electron chi connectivity index (χ0n) is 13.0. The van der Waals surface area contributed by atoms with E-state index in [-0.39, 0.29) is 0 Å². The van der Waals surface area contributed by atoms with Crippen LogP contribution in [-0.2, 0) is 16.1 Å². The molecule has 5 nitrogen and oxygen atoms in total. The molecule has 0 spiro atoms. The Morgan fingerprint density at radius 2 is 2.27 bits per heavy atom. The second-order valence-electron chi connectivity index (χ2n) is 6.60. The predicted octanol–water partition coefficient (Wildman–Crippen LogP) is 1.81. The average Bonchev–Trinajstić information content (AvgIpc) is 3.22. The zero-order chi connectivity index (χ0) is 15.1. The number of ether oxygens (including phenoxy) is 1. The van der Waals surface area contributed by atoms with Crippen LogP contribution in [0.25, 0.3) is 0 Å². The van der Waals surface area contributed by atoms with E-state index >= 15 is 0 Å². The number of carbonyl (C=O) groups excluding carboxylic acids is 1. The highest BCUT2D eigenvalue weighted by molar-refractivity contribution is 7.09. The third-order valence-corrected chi connectivity index (χ3v) is 6.12. The molecule has 3 aliphatic heterocycles. The van der Waals surface area contributed by atoms with E-state index in [1.807, 2.05) is 6.92 Å². The largest absolute Gasteiger partial charge is 0.380 e. The highest BCUT2D eigenvalue weighted by atomic mass is 32.1. The van der Waals surface area contributed by atoms with Crippen LogP contribution in [0, 0.1) is 6.92 Å². The molecular formula is C16H23N3O2S. The fourth-order valence-electron chi connectivity index (χ4n) is 4.28. The van der Waals surface area contributed by atoms with Gasteiger partial charge in [-0.25, -0.2) is 4.98 Å². The monoisotopic (exact) mass is 321 g/mol. The van der Waals surface area contributed by atoms with Crippen LogP contribution >= 0.6 is 11.3 Å². The fourth-order valence-corrected chi connectivity index (χ4v) is 4.88. The number of piperidine rings is 1. The molecule has 3 fully saturated rings. The Kier molecular flexibility index (Phi) is 3.92. The smallest absolute Gasteiger partial charge is 0.223 e. The number of aromatic nitrogens is 1. The van der Waals surface area contributed by atoms with Gasteiger partial charge in [-0.3, -0.25) is 9.69 Å². The van der Waals surface area contributed by atoms with Crippen molar-refractivity contribution in [2.75, 3.05) is 19.8 Å². The van der Waals surface area contributed by atoms with Crippen LogP contribution in [-0.4, -0.2) is 58.6 Å². The molecule has 4 rings (SSSR count). The van der Waals surface area contributed by atoms with E-state index in [2.05, 4.69) is 20.2 Å². The van der Waals surface area contributed by atoms with Gasteiger partial charge in [-0.15, -0.1) is 11.3 Å². The second kappa shape index (κ2) is 5.91. The Morgan fingerprint density at radius 1 is 1.36 bits per heavy atom. The minimum Gasteiger partial charge on any atom is -0.380 e. The summed E-state index contributed by atoms with van der Waals surface area (Å²) in [5.74, 6) is 0.302. The SMILES string of the molecule is Cc1nc(CN2C(=O)CC[C@@H]3[C@H]2CCN3C2CCOC2)cs1. The Hall–Kier alpha value is -0.980. The summed E-state index contributed by atoms with van der Waals surface area (Å²) in [5, 5.41) is 3.16. The van der Waals surface area contributed by atoms with Crippen molar-refractivity contribution in [3.63, 3.8) is 0 Å². The summed E-state index contributed by atoms with van der Waals surface area (Å²) in [6.07, 6.45) is 3.92. The Bertz CT molecular complexity index is 555. The minimum absolute atomic E-state index is 0.302. The summed E-state index contributed by atoms with van der Waals surface area (Å²) >= 11 is 1.66. The number of hydrogen-bond acceptors (Lipinski definition) is 5. The van der Waals surface area contributed by atoms with Crippen molar-refractivity contribution in [2.24, 2.45) is 0 Å². The number of amides is 1. The van der Waals surface area contributed by atoms with Gasteiger partial charge in [0.1, 0.15) is 0 Å². The highest BCUT2D eigenvalue weighted by Gasteiger charge is 2.45. The van der Waals surface area contributed by atoms with Gasteiger partial charge in [-0.2, -0.15) is 0 Å². The second-order valence-corrected chi connectivity index (χ2v) is 7.66. The number of thiazole rings is 1. The van der Waals surface area contributed by atoms with E-state index in [1.54, 1.807) is 11.3 Å². The number of nitrogens with zero attached hydrogens (tertiary/aromatic N) is 3. The average molecular weight is 321 g/mol. The van der Waals surface area contributed by atoms with Gasteiger partial charge < -0.3 is 9.64 Å². The van der Waals surface area contributed by atoms with Crippen LogP contribution < -0.4 is 0 Å². The van der Waals surface area contributed by atoms with Gasteiger partial charge in [0.15, 0.2) is 0 Å². The van der Waals surface area contributed by atoms with Crippen LogP contribution in [0.3, 0.4) is 0 Å². The molecule has 0 saturated carbocycles. The molecule has 4 heterocycles. The Morgan fingerprint density at radius 3 is 3.00 bits per heavy atom. The minimum atomic E-state index is 0.302. The van der Waals surface area contributed by atoms with Gasteiger partial charge in [0, 0.05) is 43.1 Å². The molecule has 6 heteroatoms. The third-order valence-electron chi connectivity index (χ3n) is 5.30. The van der Waals surface area contributed by atoms with Crippen LogP contribution in [0.4, 0.5) is 0 Å². The third kappa shape index (κ3) is 2.57. The molecule has 22 heavy (non-hydrogen) atoms. The molecule has 3 saturated heterocycles. The van der Waals surface area contributed by atoms with Gasteiger partial charge >= 0.3 is 0 Å². The van der Waals surface area contributed by atoms with E-state index in [0.29, 0.717) is 37.0 Å². The maximum Gasteiger partial charge on any atom is 0.223 e. The van der Waals surface area contributed by atoms with Gasteiger partial charge in [-0.05, 0) is 26.2 Å². The molecular weight excluding hydrogens is 298 g/mol. The topological polar surface area (TPSA) is 45.7 Å². The summed E-state index contributed by atoms with van der Waals surface area (Å²) in [6.45, 7) is 5.55. The maximum absolute atomic E-state index is 12.4. The van der Waals surface area contributed by atoms with Gasteiger partial charge in [-0.1, -0.05) is 0 Å². The van der Waals surface area contributed by atoms with E-state index in [0.717, 1.165) is 49.7 Å². The molecule has 0 aromatic carbocycles. The summed E-state index contributed by atoms with van der Waals surface area (Å²) in [6, 6.07) is 1.44. The molecule has 3 aliphatic rings. The highest BCUT2D eigenvalue weighted by Crippen LogP contribution is 2.35. The number of fused-ring (bicyclic) bond motifs is 1. The quantitative estimate of drug-likeness (QED) is 0.852. The van der Waals surface area contributed by atoms with Crippen LogP contribution in [0.1, 0.15) is 36.4 Å². The van der Waals surface area contributed by atoms with Crippen molar-refractivity contribution in [1.82, 2.24) is 14.8 Å². The fraction of sp³-hybridized carbons (Fsp3) is 0.750. The molecule has 1 aromatic rings. The van der Waals surface area contributed by atoms with Crippen molar-refractivity contribution < 1.29 is 9.53 Å². The van der Waals surface area contributed by atoms with Gasteiger partial charge in [0.2, 0.25) is 5.91 Å². The standard InChI is InChI=1S/C16H23N3O2S/c1-11-17-12(10-22-11)8-19-15-4-6-18(13-5-7-21-9-13)14(15)2-3-16(19)20/h10,13-15H,2-9H2,1H3/t13?,14-,15-/m1/s1. The van der Waals surface area contributed by atoms with Crippen molar-refractivity contribution in [3.8, 4) is 0 Å². The lowest BCUT2D eigenvalue weighted by atomic mass is 9.95. The first kappa shape index (κ1) is 14.6. The summed E-state index contributed by atoms with van der Waals surface area (Å²) in [5.41, 5.74) is 1.04. The molecule has 120 valence electrons. The van der Waals surface area contributed by atoms with E-state index in [9.17, 15) is 4.79 Å². The van der Waals surface area contributed by atoms with Gasteiger partial charge in [0.25, 0.3) is 0 Å². The number of hydrogen-bond donors (Lipinski definition) is 0. The first-order valence-electron chi connectivity index (χ1n) is 8.26. The summed E-state index contributed by atoms with van der Waals surface area (Å²) in [4.78, 5) is 21.7. The molecule has 3 atom stereocenters. The van der Waals surface area contributed by atoms with Crippen molar-refractivity contribution >= 4 is 17.2 Å². The molecule has 0 aliphatic carbocycles. The molecule has 0 N–H and O–H groups in total. The number of likely N-dealkylation sites (tertiary alicyclic amines) is 2. The van der Waals surface area contributed by atoms with E-state index in [1.165, 1.54) is 0 Å². The molecule has 0 radical (unpaired) electrons.